The third-order valence-electron chi connectivity index (χ3n) is 13.9. The first kappa shape index (κ1) is 118. The second-order valence-electron chi connectivity index (χ2n) is 25.4. The first-order chi connectivity index (χ1) is 66.6. The molecule has 0 aromatic carbocycles. The van der Waals surface area contributed by atoms with E-state index in [1.807, 2.05) is 0 Å². The Labute approximate surface area is 806 Å². The number of nitrogen functional groups attached to an aromatic ring is 1. The number of aromatic nitrogens is 4. The molecule has 2 aromatic heterocycles. The van der Waals surface area contributed by atoms with Crippen LogP contribution in [0.5, 0.6) is 0 Å². The van der Waals surface area contributed by atoms with Crippen molar-refractivity contribution >= 4 is 75.6 Å². The summed E-state index contributed by atoms with van der Waals surface area (Å²) >= 11 is 0. The van der Waals surface area contributed by atoms with Crippen molar-refractivity contribution in [2.75, 3.05) is 51.7 Å². The molecule has 0 radical (unpaired) electrons. The van der Waals surface area contributed by atoms with Gasteiger partial charge in [-0.1, -0.05) is 33.6 Å². The highest BCUT2D eigenvalue weighted by Gasteiger charge is 2.50. The minimum Gasteiger partial charge on any atom is -0.396 e. The van der Waals surface area contributed by atoms with E-state index in [0.717, 1.165) is 17.2 Å². The highest BCUT2D eigenvalue weighted by atomic mass is 31.3. The van der Waals surface area contributed by atoms with Crippen molar-refractivity contribution in [3.63, 3.8) is 0 Å². The second-order valence-corrected chi connectivity index (χ2v) is 29.7. The van der Waals surface area contributed by atoms with Crippen LogP contribution in [-0.4, -0.2) is 171 Å². The topological polar surface area (TPSA) is 479 Å². The molecule has 3 rings (SSSR count). The molecule has 2 aromatic rings. The number of carbonyl (C=O) groups is 6. The number of Topliss-reactive ketones (excluding diaryl/α,β-unsaturated/α-hetero) is 2. The summed E-state index contributed by atoms with van der Waals surface area (Å²) in [6.45, 7) is 8.03. The van der Waals surface area contributed by atoms with E-state index in [2.05, 4.69) is 442 Å². The van der Waals surface area contributed by atoms with E-state index in [0.29, 0.717) is 0 Å². The Morgan fingerprint density at radius 1 is 0.439 bits per heavy atom. The van der Waals surface area contributed by atoms with E-state index in [1.54, 1.807) is 20.8 Å². The Kier molecular flexibility index (Phi) is 61.4. The summed E-state index contributed by atoms with van der Waals surface area (Å²) in [5.74, 6) is 164. The van der Waals surface area contributed by atoms with Gasteiger partial charge in [0.2, 0.25) is 23.6 Å². The number of terminal acetylenes is 1. The number of carbonyl (C=O) groups excluding carboxylic acids is 6. The number of ether oxygens (including phenoxy) is 1. The number of nitrogens with two attached hydrogens (primary N) is 1. The maximum Gasteiger partial charge on any atom is 0.481 e. The molecule has 4 amide bonds. The smallest absolute Gasteiger partial charge is 0.396 e. The van der Waals surface area contributed by atoms with E-state index in [4.69, 9.17) is 31.0 Å². The predicted octanol–water partition coefficient (Wildman–Crippen LogP) is -1.90. The van der Waals surface area contributed by atoms with Gasteiger partial charge in [0, 0.05) is 359 Å². The quantitative estimate of drug-likeness (QED) is 0.0327. The van der Waals surface area contributed by atoms with Crippen LogP contribution in [-0.2, 0) is 65.1 Å². The van der Waals surface area contributed by atoms with Gasteiger partial charge in [-0.05, 0) is 115 Å². The summed E-state index contributed by atoms with van der Waals surface area (Å²) in [6.07, 6.45) is -2.82. The number of hydrogen-bond acceptors (Lipinski definition) is 22. The van der Waals surface area contributed by atoms with Crippen molar-refractivity contribution in [3.05, 3.63) is 12.7 Å². The molecule has 8 atom stereocenters. The molecule has 0 saturated carbocycles. The van der Waals surface area contributed by atoms with Crippen molar-refractivity contribution in [2.24, 2.45) is 10.8 Å². The first-order valence-electron chi connectivity index (χ1n) is 38.2. The normalized spacial score (nSPS) is 12.0. The van der Waals surface area contributed by atoms with Crippen LogP contribution in [0.15, 0.2) is 12.7 Å². The monoisotopic (exact) mass is 1900 g/mol. The molecule has 1 fully saturated rings. The Morgan fingerprint density at radius 3 is 1.00 bits per heavy atom. The summed E-state index contributed by atoms with van der Waals surface area (Å²) in [7, 11) is -16.4. The number of ketones is 2. The Balaban J connectivity index is 0.00000119. The van der Waals surface area contributed by atoms with Gasteiger partial charge < -0.3 is 71.7 Å². The van der Waals surface area contributed by atoms with Gasteiger partial charge in [0.15, 0.2) is 17.7 Å². The lowest BCUT2D eigenvalue weighted by molar-refractivity contribution is -0.137. The summed E-state index contributed by atoms with van der Waals surface area (Å²) in [5.41, 5.74) is 3.32. The second kappa shape index (κ2) is 72.5. The highest BCUT2D eigenvalue weighted by Crippen LogP contribution is 2.61. The Hall–Kier alpha value is -19.2. The number of aliphatic hydroxyl groups is 4. The Morgan fingerprint density at radius 2 is 0.719 bits per heavy atom. The van der Waals surface area contributed by atoms with Crippen molar-refractivity contribution < 1.29 is 105 Å². The molecule has 8 unspecified atom stereocenters. The van der Waals surface area contributed by atoms with Crippen molar-refractivity contribution in [1.29, 1.82) is 0 Å². The van der Waals surface area contributed by atoms with Crippen LogP contribution in [0.1, 0.15) is 80.4 Å². The van der Waals surface area contributed by atoms with Gasteiger partial charge in [-0.25, -0.2) is 28.6 Å². The lowest BCUT2D eigenvalue weighted by Gasteiger charge is -2.30. The number of aliphatic hydroxyl groups excluding tert-OH is 4. The van der Waals surface area contributed by atoms with Crippen LogP contribution in [0.3, 0.4) is 0 Å². The highest BCUT2D eigenvalue weighted by molar-refractivity contribution is 7.61. The van der Waals surface area contributed by atoms with Gasteiger partial charge in [0.1, 0.15) is 53.9 Å². The molecule has 31 nitrogen and oxygen atoms in total. The first-order valence-corrected chi connectivity index (χ1v) is 42.7. The molecule has 0 spiro atoms. The van der Waals surface area contributed by atoms with Crippen LogP contribution >= 0.6 is 23.5 Å². The Bertz CT molecular complexity index is 7680. The zero-order valence-electron chi connectivity index (χ0n) is 74.0. The van der Waals surface area contributed by atoms with E-state index in [9.17, 15) is 77.4 Å². The molecule has 1 saturated heterocycles. The molecular weight excluding hydrogens is 1830 g/mol. The van der Waals surface area contributed by atoms with Crippen LogP contribution < -0.4 is 27.0 Å². The molecule has 3 heterocycles. The third-order valence-corrected chi connectivity index (χ3v) is 17.0. The predicted molar refractivity (Wildman–Crippen MR) is 509 cm³/mol. The lowest BCUT2D eigenvalue weighted by atomic mass is 9.87. The molecule has 139 heavy (non-hydrogen) atoms. The molecule has 0 aliphatic carbocycles. The van der Waals surface area contributed by atoms with Crippen LogP contribution in [0.25, 0.3) is 11.2 Å². The van der Waals surface area contributed by atoms with Crippen LogP contribution in [0.2, 0.25) is 0 Å². The number of phosphoric ester groups is 3. The van der Waals surface area contributed by atoms with Gasteiger partial charge >= 0.3 is 23.5 Å². The molecule has 34 heteroatoms. The van der Waals surface area contributed by atoms with Gasteiger partial charge in [-0.15, -0.1) is 6.42 Å². The van der Waals surface area contributed by atoms with Crippen LogP contribution in [0.4, 0.5) is 5.82 Å². The third kappa shape index (κ3) is 62.7. The fourth-order valence-electron chi connectivity index (χ4n) is 7.69. The molecule has 1 aliphatic rings. The average Bonchev–Trinajstić information content (AvgIpc) is 1.61. The minimum atomic E-state index is -5.56. The van der Waals surface area contributed by atoms with E-state index >= 15 is 0 Å². The summed E-state index contributed by atoms with van der Waals surface area (Å²) in [4.78, 5) is 119. The molecular formula is C105H66N9O22P3. The number of rotatable bonds is 28. The number of phosphoric acid groups is 3. The fourth-order valence-corrected chi connectivity index (χ4v) is 10.5. The number of imidazole rings is 1. The molecule has 14 N–H and O–H groups in total. The van der Waals surface area contributed by atoms with Crippen molar-refractivity contribution in [1.82, 2.24) is 40.8 Å². The summed E-state index contributed by atoms with van der Waals surface area (Å²) < 4.78 is 61.7. The maximum atomic E-state index is 12.6. The zero-order chi connectivity index (χ0) is 103. The number of nitrogens with zero attached hydrogens (tertiary/aromatic N) is 4. The number of amides is 4. The fraction of sp³-hybridized carbons (Fsp3) is 0.248. The van der Waals surface area contributed by atoms with E-state index < -0.39 is 102 Å². The molecule has 678 valence electrons. The van der Waals surface area contributed by atoms with E-state index in [1.165, 1.54) is 27.7 Å². The van der Waals surface area contributed by atoms with Crippen molar-refractivity contribution in [3.8, 4) is 403 Å². The van der Waals surface area contributed by atoms with Gasteiger partial charge in [-0.2, -0.15) is 4.31 Å². The minimum absolute atomic E-state index is 0.00652. The number of anilines is 1. The lowest BCUT2D eigenvalue weighted by Crippen LogP contribution is -2.46. The maximum absolute atomic E-state index is 12.6. The largest absolute Gasteiger partial charge is 0.481 e. The molecule has 1 aliphatic heterocycles. The zero-order valence-corrected chi connectivity index (χ0v) is 76.7. The van der Waals surface area contributed by atoms with E-state index in [-0.39, 0.29) is 92.9 Å². The summed E-state index contributed by atoms with van der Waals surface area (Å²) in [6, 6.07) is 0. The van der Waals surface area contributed by atoms with Crippen molar-refractivity contribution in [2.45, 2.75) is 111 Å². The average molecular weight is 1900 g/mol. The number of hydrogen-bond donors (Lipinski definition) is 13. The standard InChI is InChI=1S/C69H4.C23H38N7O17P3.C13H24N2O5/c1-3-5-7-9-11-13-15-17-19-21-23-25-27-29-31-33-35-37-39-41-43-45-47-49-51-53-55-57-59-61-63-65-67-69-68-66-64-62-60-58-56-54-52-50-48-46-44-42-40-38-36-34-32-30-28-26-24-22-20-18-16-14-12-10-8-6-4-2;1-12(31)4-6-25-14(32)5-7-26-21(35)18(34)23(2,3)9-44-50(41,42)47-49(39,40)43-8-13-17(46-48(36,37)38)16(33)22(45-13)30-11-29-15-19(24)27-10-28-20(15)30;1-9(17)4-6-14-10(18)5-7-15-12(20)11(19)13(2,3)8-16/h1H,2H3;10-11,13,16-18,22,33-34H,4-9H2,1-3H3,(H,25,32)(H,26,35)(H,39,40)(H,41,42)(H2,24,27,28)(H2,36,37,38);11,16,19H,4-8H2,1-3H3,(H,14,18)(H,15,20). The van der Waals surface area contributed by atoms with Crippen LogP contribution in [0, 0.1) is 414 Å². The molecule has 0 bridgehead atoms. The number of nitrogens with one attached hydrogen (secondary N) is 4. The van der Waals surface area contributed by atoms with Gasteiger partial charge in [0.25, 0.3) is 0 Å². The van der Waals surface area contributed by atoms with Gasteiger partial charge in [-0.3, -0.25) is 46.9 Å². The van der Waals surface area contributed by atoms with Gasteiger partial charge in [0.05, 0.1) is 26.1 Å². The summed E-state index contributed by atoms with van der Waals surface area (Å²) in [5, 5.41) is 49.8. The number of fused-ring (bicyclic) bond motifs is 1. The SMILES string of the molecule is C#CC#CC#CC#CC#CC#CC#CC#CC#CC#CC#CC#CC#CC#CC#CC#CC#CC#CC#CC#CC#CC#CC#CC#CC#CC#CC#CC#CC#CC#CC#CC#CC#CC#CC.CC(=O)CCNC(=O)CCNC(=O)C(O)C(C)(C)CO.CC(=O)CCNC(=O)CCNC(=O)C(O)C(C)(C)COP(=O)(O)OP(=O)(O)OCC1OC(n2cnc3c(N)ncnc32)C(O)C1OP(=O)(O)O.